The highest BCUT2D eigenvalue weighted by atomic mass is 16.6. The molecule has 20 heteroatoms. The third-order valence-electron chi connectivity index (χ3n) is 10.1. The van der Waals surface area contributed by atoms with Crippen molar-refractivity contribution in [1.29, 1.82) is 0 Å². The quantitative estimate of drug-likeness (QED) is 0.0506. The van der Waals surface area contributed by atoms with Crippen molar-refractivity contribution in [3.05, 3.63) is 103 Å². The second kappa shape index (κ2) is 42.5. The molecule has 0 aromatic heterocycles. The minimum atomic E-state index is -0.453. The van der Waals surface area contributed by atoms with E-state index in [0.29, 0.717) is 205 Å². The van der Waals surface area contributed by atoms with Gasteiger partial charge in [-0.05, 0) is 78.8 Å². The molecule has 0 bridgehead atoms. The van der Waals surface area contributed by atoms with Crippen molar-refractivity contribution in [2.24, 2.45) is 0 Å². The van der Waals surface area contributed by atoms with Crippen LogP contribution in [0.1, 0.15) is 16.7 Å². The van der Waals surface area contributed by atoms with Crippen LogP contribution in [0, 0.1) is 31.6 Å². The van der Waals surface area contributed by atoms with Gasteiger partial charge >= 0.3 is 5.97 Å². The highest BCUT2D eigenvalue weighted by molar-refractivity contribution is 5.91. The van der Waals surface area contributed by atoms with Gasteiger partial charge in [-0.2, -0.15) is 0 Å². The maximum absolute atomic E-state index is 12.9. The Kier molecular flexibility index (Phi) is 35.7. The zero-order valence-corrected chi connectivity index (χ0v) is 44.3. The van der Waals surface area contributed by atoms with Crippen LogP contribution in [-0.2, 0) is 86.2 Å². The van der Waals surface area contributed by atoms with E-state index in [4.69, 9.17) is 90.0 Å². The lowest BCUT2D eigenvalue weighted by molar-refractivity contribution is -0.141. The Labute approximate surface area is 443 Å². The molecule has 0 spiro atoms. The fourth-order valence-electron chi connectivity index (χ4n) is 6.45. The van der Waals surface area contributed by atoms with Crippen molar-refractivity contribution in [3.8, 4) is 34.5 Å². The molecule has 0 aliphatic heterocycles. The topological polar surface area (TPSA) is 192 Å². The van der Waals surface area contributed by atoms with E-state index in [1.54, 1.807) is 72.3 Å². The molecule has 5 radical (unpaired) electrons. The minimum absolute atomic E-state index is 0.0361. The predicted molar refractivity (Wildman–Crippen MR) is 274 cm³/mol. The number of hydrogen-bond donors (Lipinski definition) is 0. The Hall–Kier alpha value is -4.55. The maximum Gasteiger partial charge on any atom is 0.314 e. The molecular formula is C55H79O20. The van der Waals surface area contributed by atoms with Crippen LogP contribution in [0.2, 0.25) is 0 Å². The summed E-state index contributed by atoms with van der Waals surface area (Å²) in [4.78, 5) is 12.9. The normalized spacial score (nSPS) is 12.5. The molecule has 419 valence electrons. The lowest BCUT2D eigenvalue weighted by atomic mass is 10.1. The molecule has 0 heterocycles. The van der Waals surface area contributed by atoms with Crippen LogP contribution in [0.25, 0.3) is 0 Å². The second-order valence-corrected chi connectivity index (χ2v) is 16.0. The van der Waals surface area contributed by atoms with Gasteiger partial charge in [-0.15, -0.1) is 0 Å². The van der Waals surface area contributed by atoms with Gasteiger partial charge in [-0.3, -0.25) is 4.79 Å². The fraction of sp³-hybridized carbons (Fsp3) is 0.564. The summed E-state index contributed by atoms with van der Waals surface area (Å²) in [6.07, 6.45) is 6.96. The highest BCUT2D eigenvalue weighted by Gasteiger charge is 2.26. The first-order valence-corrected chi connectivity index (χ1v) is 25.1. The Morgan fingerprint density at radius 2 is 0.533 bits per heavy atom. The average molecular weight is 1060 g/mol. The fourth-order valence-corrected chi connectivity index (χ4v) is 6.45. The van der Waals surface area contributed by atoms with E-state index in [2.05, 4.69) is 0 Å². The van der Waals surface area contributed by atoms with Gasteiger partial charge in [0.2, 0.25) is 0 Å². The molecule has 75 heavy (non-hydrogen) atoms. The summed E-state index contributed by atoms with van der Waals surface area (Å²) in [6.45, 7) is 10.4. The van der Waals surface area contributed by atoms with E-state index in [-0.39, 0.29) is 19.8 Å². The van der Waals surface area contributed by atoms with Crippen molar-refractivity contribution >= 4 is 5.97 Å². The summed E-state index contributed by atoms with van der Waals surface area (Å²) in [5, 5.41) is 0. The van der Waals surface area contributed by atoms with Crippen molar-refractivity contribution in [1.82, 2.24) is 0 Å². The number of hydrogen-bond acceptors (Lipinski definition) is 20. The molecular weight excluding hydrogens is 981 g/mol. The minimum Gasteiger partial charge on any atom is -0.491 e. The Morgan fingerprint density at radius 1 is 0.293 bits per heavy atom. The molecule has 1 aliphatic rings. The van der Waals surface area contributed by atoms with E-state index in [0.717, 1.165) is 11.1 Å². The summed E-state index contributed by atoms with van der Waals surface area (Å²) in [6, 6.07) is 16.5. The average Bonchev–Trinajstić information content (AvgIpc) is 3.97. The molecule has 0 N–H and O–H groups in total. The van der Waals surface area contributed by atoms with Gasteiger partial charge in [0, 0.05) is 46.6 Å². The number of benzene rings is 3. The van der Waals surface area contributed by atoms with Crippen molar-refractivity contribution in [2.45, 2.75) is 19.8 Å². The Morgan fingerprint density at radius 3 is 0.813 bits per heavy atom. The molecule has 0 amide bonds. The SMILES string of the molecule is COCCOCCOCCOc1cc(COc2cc(COC(=O)[C]3[CH][CH][CH][CH]3)cc(OCc3cc(OCCOCCOCCOC)cc(OCCOCCOCCOC)c3)c2)cc(OCCOCCOCCOC)c1. The molecule has 3 aromatic carbocycles. The number of carbonyl (C=O) groups is 1. The first kappa shape index (κ1) is 63.0. The molecule has 4 rings (SSSR count). The molecule has 0 saturated heterocycles. The summed E-state index contributed by atoms with van der Waals surface area (Å²) >= 11 is 0. The molecule has 1 saturated carbocycles. The van der Waals surface area contributed by atoms with Gasteiger partial charge in [-0.1, -0.05) is 0 Å². The van der Waals surface area contributed by atoms with E-state index in [1.165, 1.54) is 0 Å². The molecule has 0 atom stereocenters. The second-order valence-electron chi connectivity index (χ2n) is 16.0. The largest absolute Gasteiger partial charge is 0.491 e. The number of ether oxygens (including phenoxy) is 19. The predicted octanol–water partition coefficient (Wildman–Crippen LogP) is 5.53. The number of rotatable bonds is 49. The standard InChI is InChI=1S/C55H79O20/c1-57-9-13-61-17-21-65-25-29-69-49-33-45(34-50(39-49)70-30-26-66-22-18-62-14-10-58-2)42-73-53-37-47(44-75-55(56)48-7-5-6-8-48)38-54(41-53)74-43-46-35-51(71-31-27-67-23-19-63-15-11-59-3)40-52(36-46)72-32-28-68-24-20-64-16-12-60-4/h5-8,33-41H,9-32,42-44H2,1-4H3. The first-order valence-electron chi connectivity index (χ1n) is 25.1. The van der Waals surface area contributed by atoms with Crippen molar-refractivity contribution in [2.75, 3.05) is 187 Å². The summed E-state index contributed by atoms with van der Waals surface area (Å²) in [5.41, 5.74) is 2.18. The number of carbonyl (C=O) groups excluding carboxylic acids is 1. The van der Waals surface area contributed by atoms with E-state index in [1.807, 2.05) is 36.4 Å². The van der Waals surface area contributed by atoms with Crippen LogP contribution in [0.15, 0.2) is 54.6 Å². The van der Waals surface area contributed by atoms with Gasteiger partial charge in [0.1, 0.15) is 80.7 Å². The molecule has 3 aromatic rings. The Balaban J connectivity index is 1.45. The van der Waals surface area contributed by atoms with E-state index in [9.17, 15) is 4.79 Å². The van der Waals surface area contributed by atoms with E-state index < -0.39 is 5.97 Å². The van der Waals surface area contributed by atoms with Crippen LogP contribution < -0.4 is 28.4 Å². The monoisotopic (exact) mass is 1060 g/mol. The third kappa shape index (κ3) is 30.7. The smallest absolute Gasteiger partial charge is 0.314 e. The number of esters is 1. The lowest BCUT2D eigenvalue weighted by Crippen LogP contribution is -2.13. The van der Waals surface area contributed by atoms with Gasteiger partial charge < -0.3 is 90.0 Å². The van der Waals surface area contributed by atoms with Crippen molar-refractivity contribution in [3.63, 3.8) is 0 Å². The van der Waals surface area contributed by atoms with Crippen LogP contribution in [0.5, 0.6) is 34.5 Å². The van der Waals surface area contributed by atoms with Crippen LogP contribution >= 0.6 is 0 Å². The van der Waals surface area contributed by atoms with Crippen LogP contribution in [0.4, 0.5) is 0 Å². The number of methoxy groups -OCH3 is 4. The van der Waals surface area contributed by atoms with Crippen LogP contribution in [-0.4, -0.2) is 193 Å². The van der Waals surface area contributed by atoms with Gasteiger partial charge in [-0.25, -0.2) is 0 Å². The lowest BCUT2D eigenvalue weighted by Gasteiger charge is -2.16. The van der Waals surface area contributed by atoms with E-state index >= 15 is 0 Å². The molecule has 1 aliphatic carbocycles. The molecule has 20 nitrogen and oxygen atoms in total. The summed E-state index contributed by atoms with van der Waals surface area (Å²) < 4.78 is 108. The highest BCUT2D eigenvalue weighted by Crippen LogP contribution is 2.30. The molecule has 0 unspecified atom stereocenters. The molecule has 1 fully saturated rings. The van der Waals surface area contributed by atoms with Gasteiger partial charge in [0.05, 0.1) is 138 Å². The zero-order chi connectivity index (χ0) is 53.1. The summed E-state index contributed by atoms with van der Waals surface area (Å²) in [5.74, 6) is 3.20. The van der Waals surface area contributed by atoms with Gasteiger partial charge in [0.15, 0.2) is 0 Å². The Bertz CT molecular complexity index is 1690. The zero-order valence-electron chi connectivity index (χ0n) is 44.3. The summed E-state index contributed by atoms with van der Waals surface area (Å²) in [7, 11) is 6.52. The van der Waals surface area contributed by atoms with Crippen LogP contribution in [0.3, 0.4) is 0 Å². The van der Waals surface area contributed by atoms with Crippen molar-refractivity contribution < 1.29 is 94.8 Å². The third-order valence-corrected chi connectivity index (χ3v) is 10.1. The first-order chi connectivity index (χ1) is 37.0. The van der Waals surface area contributed by atoms with Gasteiger partial charge in [0.25, 0.3) is 0 Å². The maximum atomic E-state index is 12.9.